The number of carbonyl (C=O) groups excluding carboxylic acids is 1. The van der Waals surface area contributed by atoms with Crippen LogP contribution in [-0.2, 0) is 4.79 Å². The predicted molar refractivity (Wildman–Crippen MR) is 75.7 cm³/mol. The maximum absolute atomic E-state index is 12.1. The Morgan fingerprint density at radius 3 is 2.68 bits per heavy atom. The highest BCUT2D eigenvalue weighted by Gasteiger charge is 2.36. The van der Waals surface area contributed by atoms with E-state index in [-0.39, 0.29) is 6.04 Å². The normalized spacial score (nSPS) is 22.7. The highest BCUT2D eigenvalue weighted by atomic mass is 16.5. The van der Waals surface area contributed by atoms with E-state index in [9.17, 15) is 4.79 Å². The number of methoxy groups -OCH3 is 1. The second kappa shape index (κ2) is 4.72. The van der Waals surface area contributed by atoms with Crippen LogP contribution in [0.3, 0.4) is 0 Å². The van der Waals surface area contributed by atoms with Gasteiger partial charge < -0.3 is 9.64 Å². The molecule has 19 heavy (non-hydrogen) atoms. The lowest BCUT2D eigenvalue weighted by Gasteiger charge is -2.31. The average molecular weight is 257 g/mol. The van der Waals surface area contributed by atoms with Crippen molar-refractivity contribution in [1.82, 2.24) is 0 Å². The second-order valence-corrected chi connectivity index (χ2v) is 5.35. The van der Waals surface area contributed by atoms with Gasteiger partial charge in [-0.1, -0.05) is 0 Å². The van der Waals surface area contributed by atoms with Gasteiger partial charge in [0.2, 0.25) is 0 Å². The number of carbonyl (C=O) groups is 1. The molecule has 3 nitrogen and oxygen atoms in total. The molecule has 0 radical (unpaired) electrons. The van der Waals surface area contributed by atoms with Gasteiger partial charge >= 0.3 is 0 Å². The molecule has 1 aliphatic carbocycles. The van der Waals surface area contributed by atoms with Crippen molar-refractivity contribution in [2.75, 3.05) is 18.6 Å². The van der Waals surface area contributed by atoms with Crippen molar-refractivity contribution >= 4 is 11.5 Å². The third-order valence-corrected chi connectivity index (χ3v) is 4.16. The number of fused-ring (bicyclic) bond motifs is 1. The molecule has 1 heterocycles. The number of rotatable bonds is 2. The fourth-order valence-electron chi connectivity index (χ4n) is 3.25. The zero-order chi connectivity index (χ0) is 13.4. The van der Waals surface area contributed by atoms with Crippen molar-refractivity contribution in [2.45, 2.75) is 32.2 Å². The van der Waals surface area contributed by atoms with E-state index in [1.165, 1.54) is 11.3 Å². The van der Waals surface area contributed by atoms with E-state index in [1.807, 2.05) is 12.1 Å². The van der Waals surface area contributed by atoms with Gasteiger partial charge in [-0.3, -0.25) is 4.79 Å². The number of ether oxygens (including phenoxy) is 1. The quantitative estimate of drug-likeness (QED) is 0.815. The summed E-state index contributed by atoms with van der Waals surface area (Å²) in [5.41, 5.74) is 3.49. The molecule has 2 aliphatic rings. The number of anilines is 1. The van der Waals surface area contributed by atoms with E-state index in [2.05, 4.69) is 24.0 Å². The van der Waals surface area contributed by atoms with Crippen LogP contribution in [-0.4, -0.2) is 25.5 Å². The first-order valence-corrected chi connectivity index (χ1v) is 6.84. The summed E-state index contributed by atoms with van der Waals surface area (Å²) in [6.07, 6.45) is 2.82. The molecule has 100 valence electrons. The largest absolute Gasteiger partial charge is 0.497 e. The highest BCUT2D eigenvalue weighted by molar-refractivity contribution is 5.99. The first kappa shape index (κ1) is 12.3. The zero-order valence-electron chi connectivity index (χ0n) is 11.5. The van der Waals surface area contributed by atoms with Crippen LogP contribution in [0.4, 0.5) is 5.69 Å². The summed E-state index contributed by atoms with van der Waals surface area (Å²) in [6.45, 7) is 2.97. The predicted octanol–water partition coefficient (Wildman–Crippen LogP) is 2.95. The monoisotopic (exact) mass is 257 g/mol. The minimum Gasteiger partial charge on any atom is -0.497 e. The molecule has 1 saturated carbocycles. The van der Waals surface area contributed by atoms with Crippen molar-refractivity contribution in [1.29, 1.82) is 0 Å². The van der Waals surface area contributed by atoms with Gasteiger partial charge in [0.05, 0.1) is 13.2 Å². The van der Waals surface area contributed by atoms with Crippen LogP contribution < -0.4 is 9.64 Å². The van der Waals surface area contributed by atoms with Crippen molar-refractivity contribution in [2.24, 2.45) is 0 Å². The highest BCUT2D eigenvalue weighted by Crippen LogP contribution is 2.37. The van der Waals surface area contributed by atoms with Gasteiger partial charge in [-0.2, -0.15) is 0 Å². The Morgan fingerprint density at radius 2 is 2.00 bits per heavy atom. The fraction of sp³-hybridized carbons (Fsp3) is 0.438. The Morgan fingerprint density at radius 1 is 1.26 bits per heavy atom. The number of hydrogen-bond donors (Lipinski definition) is 0. The summed E-state index contributed by atoms with van der Waals surface area (Å²) in [6, 6.07) is 8.40. The molecule has 0 N–H and O–H groups in total. The fourth-order valence-corrected chi connectivity index (χ4v) is 3.25. The summed E-state index contributed by atoms with van der Waals surface area (Å²) >= 11 is 0. The van der Waals surface area contributed by atoms with Gasteiger partial charge in [0.25, 0.3) is 0 Å². The van der Waals surface area contributed by atoms with E-state index in [1.54, 1.807) is 7.11 Å². The lowest BCUT2D eigenvalue weighted by molar-refractivity contribution is -0.116. The standard InChI is InChI=1S/C16H19NO2/c1-11-10-17(12-6-8-13(19-2)9-7-12)14-4-3-5-15(18)16(11)14/h6-9,14H,3-5,10H2,1-2H3. The first-order chi connectivity index (χ1) is 9.20. The van der Waals surface area contributed by atoms with Crippen molar-refractivity contribution in [3.63, 3.8) is 0 Å². The molecule has 0 amide bonds. The van der Waals surface area contributed by atoms with Crippen LogP contribution in [0.1, 0.15) is 26.2 Å². The number of Topliss-reactive ketones (excluding diaryl/α,β-unsaturated/α-hetero) is 1. The zero-order valence-corrected chi connectivity index (χ0v) is 11.5. The number of ketones is 1. The molecule has 1 aromatic carbocycles. The van der Waals surface area contributed by atoms with E-state index >= 15 is 0 Å². The third kappa shape index (κ3) is 2.03. The second-order valence-electron chi connectivity index (χ2n) is 5.35. The van der Waals surface area contributed by atoms with Gasteiger partial charge in [0.1, 0.15) is 5.75 Å². The minimum atomic E-state index is 0.287. The summed E-state index contributed by atoms with van der Waals surface area (Å²) in [7, 11) is 1.68. The van der Waals surface area contributed by atoms with Crippen molar-refractivity contribution in [3.05, 3.63) is 35.4 Å². The van der Waals surface area contributed by atoms with Crippen LogP contribution in [0.2, 0.25) is 0 Å². The maximum Gasteiger partial charge on any atom is 0.160 e. The molecule has 1 aromatic rings. The van der Waals surface area contributed by atoms with Crippen molar-refractivity contribution in [3.8, 4) is 5.75 Å². The van der Waals surface area contributed by atoms with E-state index in [4.69, 9.17) is 4.74 Å². The SMILES string of the molecule is COc1ccc(N2CC(C)=C3C(=O)CCCC32)cc1. The van der Waals surface area contributed by atoms with Crippen LogP contribution >= 0.6 is 0 Å². The topological polar surface area (TPSA) is 29.5 Å². The van der Waals surface area contributed by atoms with E-state index in [0.717, 1.165) is 37.1 Å². The molecule has 1 aliphatic heterocycles. The molecule has 0 bridgehead atoms. The average Bonchev–Trinajstić information content (AvgIpc) is 2.78. The van der Waals surface area contributed by atoms with Gasteiger partial charge in [-0.05, 0) is 49.6 Å². The molecule has 1 fully saturated rings. The summed E-state index contributed by atoms with van der Waals surface area (Å²) in [4.78, 5) is 14.4. The van der Waals surface area contributed by atoms with E-state index in [0.29, 0.717) is 5.78 Å². The minimum absolute atomic E-state index is 0.287. The van der Waals surface area contributed by atoms with Crippen LogP contribution in [0, 0.1) is 0 Å². The molecule has 1 atom stereocenters. The smallest absolute Gasteiger partial charge is 0.160 e. The molecule has 1 unspecified atom stereocenters. The Bertz CT molecular complexity index is 530. The number of nitrogens with zero attached hydrogens (tertiary/aromatic N) is 1. The Balaban J connectivity index is 1.89. The molecule has 0 spiro atoms. The van der Waals surface area contributed by atoms with Crippen LogP contribution in [0.15, 0.2) is 35.4 Å². The summed E-state index contributed by atoms with van der Waals surface area (Å²) in [5, 5.41) is 0. The lowest BCUT2D eigenvalue weighted by atomic mass is 9.88. The van der Waals surface area contributed by atoms with Gasteiger partial charge in [0.15, 0.2) is 5.78 Å². The Labute approximate surface area is 113 Å². The first-order valence-electron chi connectivity index (χ1n) is 6.84. The molecular formula is C16H19NO2. The third-order valence-electron chi connectivity index (χ3n) is 4.16. The molecule has 0 aromatic heterocycles. The number of hydrogen-bond acceptors (Lipinski definition) is 3. The van der Waals surface area contributed by atoms with Crippen LogP contribution in [0.25, 0.3) is 0 Å². The Hall–Kier alpha value is -1.77. The van der Waals surface area contributed by atoms with Gasteiger partial charge in [-0.15, -0.1) is 0 Å². The summed E-state index contributed by atoms with van der Waals surface area (Å²) in [5.74, 6) is 1.22. The number of benzene rings is 1. The molecule has 3 rings (SSSR count). The Kier molecular flexibility index (Phi) is 3.05. The maximum atomic E-state index is 12.1. The molecule has 3 heteroatoms. The lowest BCUT2D eigenvalue weighted by Crippen LogP contribution is -2.36. The molecule has 0 saturated heterocycles. The van der Waals surface area contributed by atoms with Crippen LogP contribution in [0.5, 0.6) is 5.75 Å². The van der Waals surface area contributed by atoms with Gasteiger partial charge in [-0.25, -0.2) is 0 Å². The van der Waals surface area contributed by atoms with E-state index < -0.39 is 0 Å². The van der Waals surface area contributed by atoms with Gasteiger partial charge in [0, 0.05) is 24.2 Å². The van der Waals surface area contributed by atoms with Crippen molar-refractivity contribution < 1.29 is 9.53 Å². The summed E-state index contributed by atoms with van der Waals surface area (Å²) < 4.78 is 5.19. The molecular weight excluding hydrogens is 238 g/mol.